The largest absolute Gasteiger partial charge is 0.481 e. The average molecular weight is 304 g/mol. The monoisotopic (exact) mass is 304 g/mol. The van der Waals surface area contributed by atoms with Gasteiger partial charge in [-0.25, -0.2) is 4.79 Å². The average Bonchev–Trinajstić information content (AvgIpc) is 3.30. The first kappa shape index (κ1) is 16.3. The Balaban J connectivity index is 1.87. The molecule has 0 heterocycles. The third-order valence-electron chi connectivity index (χ3n) is 4.05. The lowest BCUT2D eigenvalue weighted by atomic mass is 10.0. The molecule has 1 aliphatic rings. The molecule has 2 amide bonds. The maximum Gasteiger partial charge on any atom is 0.315 e. The number of rotatable bonds is 8. The predicted molar refractivity (Wildman–Crippen MR) is 84.7 cm³/mol. The van der Waals surface area contributed by atoms with Crippen LogP contribution in [0.1, 0.15) is 38.2 Å². The Morgan fingerprint density at radius 3 is 2.50 bits per heavy atom. The van der Waals surface area contributed by atoms with Crippen LogP contribution in [-0.4, -0.2) is 29.2 Å². The van der Waals surface area contributed by atoms with Gasteiger partial charge in [0.1, 0.15) is 0 Å². The van der Waals surface area contributed by atoms with Crippen molar-refractivity contribution in [2.75, 3.05) is 0 Å². The van der Waals surface area contributed by atoms with Gasteiger partial charge in [0, 0.05) is 18.5 Å². The molecule has 2 atom stereocenters. The Bertz CT molecular complexity index is 500. The lowest BCUT2D eigenvalue weighted by Crippen LogP contribution is -2.46. The highest BCUT2D eigenvalue weighted by atomic mass is 16.4. The number of nitrogens with one attached hydrogen (secondary N) is 2. The van der Waals surface area contributed by atoms with Crippen molar-refractivity contribution in [1.82, 2.24) is 10.6 Å². The molecule has 0 aromatic heterocycles. The summed E-state index contributed by atoms with van der Waals surface area (Å²) in [5, 5.41) is 14.7. The molecule has 5 nitrogen and oxygen atoms in total. The Kier molecular flexibility index (Phi) is 5.81. The van der Waals surface area contributed by atoms with Crippen LogP contribution in [0, 0.1) is 5.92 Å². The number of benzene rings is 1. The van der Waals surface area contributed by atoms with E-state index >= 15 is 0 Å². The normalized spacial score (nSPS) is 16.6. The summed E-state index contributed by atoms with van der Waals surface area (Å²) in [6.07, 6.45) is 3.46. The zero-order valence-corrected chi connectivity index (χ0v) is 12.9. The molecule has 5 heteroatoms. The zero-order valence-electron chi connectivity index (χ0n) is 12.9. The standard InChI is InChI=1S/C17H24N2O3/c1-12(14-7-8-14)18-17(22)19-15(9-10-16(20)21)11-13-5-3-2-4-6-13/h2-6,12,14-15H,7-11H2,1H3,(H,20,21)(H2,18,19,22)/t12-,15?/m0/s1. The van der Waals surface area contributed by atoms with E-state index in [1.54, 1.807) is 0 Å². The van der Waals surface area contributed by atoms with Gasteiger partial charge in [0.2, 0.25) is 0 Å². The van der Waals surface area contributed by atoms with Crippen molar-refractivity contribution in [1.29, 1.82) is 0 Å². The van der Waals surface area contributed by atoms with Gasteiger partial charge in [-0.1, -0.05) is 30.3 Å². The van der Waals surface area contributed by atoms with Crippen LogP contribution in [0.3, 0.4) is 0 Å². The number of carboxylic acids is 1. The third kappa shape index (κ3) is 5.76. The number of amides is 2. The molecule has 0 bridgehead atoms. The minimum atomic E-state index is -0.841. The summed E-state index contributed by atoms with van der Waals surface area (Å²) in [5.41, 5.74) is 1.09. The van der Waals surface area contributed by atoms with E-state index in [4.69, 9.17) is 5.11 Å². The summed E-state index contributed by atoms with van der Waals surface area (Å²) < 4.78 is 0. The quantitative estimate of drug-likeness (QED) is 0.690. The minimum absolute atomic E-state index is 0.0515. The van der Waals surface area contributed by atoms with Crippen LogP contribution in [-0.2, 0) is 11.2 Å². The zero-order chi connectivity index (χ0) is 15.9. The predicted octanol–water partition coefficient (Wildman–Crippen LogP) is 2.56. The van der Waals surface area contributed by atoms with Crippen molar-refractivity contribution in [3.8, 4) is 0 Å². The minimum Gasteiger partial charge on any atom is -0.481 e. The first-order valence-corrected chi connectivity index (χ1v) is 7.87. The molecule has 0 aliphatic heterocycles. The second kappa shape index (κ2) is 7.82. The van der Waals surface area contributed by atoms with Crippen molar-refractivity contribution >= 4 is 12.0 Å². The lowest BCUT2D eigenvalue weighted by Gasteiger charge is -2.21. The van der Waals surface area contributed by atoms with Crippen molar-refractivity contribution in [2.24, 2.45) is 5.92 Å². The van der Waals surface area contributed by atoms with Crippen LogP contribution in [0.25, 0.3) is 0 Å². The molecule has 1 aliphatic carbocycles. The van der Waals surface area contributed by atoms with E-state index in [9.17, 15) is 9.59 Å². The molecular formula is C17H24N2O3. The number of carboxylic acid groups (broad SMARTS) is 1. The van der Waals surface area contributed by atoms with Crippen LogP contribution in [0.15, 0.2) is 30.3 Å². The van der Waals surface area contributed by atoms with Gasteiger partial charge in [0.05, 0.1) is 0 Å². The highest BCUT2D eigenvalue weighted by Gasteiger charge is 2.29. The van der Waals surface area contributed by atoms with E-state index < -0.39 is 5.97 Å². The number of hydrogen-bond donors (Lipinski definition) is 3. The Hall–Kier alpha value is -2.04. The summed E-state index contributed by atoms with van der Waals surface area (Å²) >= 11 is 0. The molecule has 22 heavy (non-hydrogen) atoms. The van der Waals surface area contributed by atoms with Crippen LogP contribution in [0.5, 0.6) is 0 Å². The van der Waals surface area contributed by atoms with Crippen LogP contribution in [0.2, 0.25) is 0 Å². The topological polar surface area (TPSA) is 78.4 Å². The summed E-state index contributed by atoms with van der Waals surface area (Å²) in [7, 11) is 0. The van der Waals surface area contributed by atoms with E-state index in [2.05, 4.69) is 10.6 Å². The summed E-state index contributed by atoms with van der Waals surface area (Å²) in [5.74, 6) is -0.246. The first-order valence-electron chi connectivity index (χ1n) is 7.87. The maximum atomic E-state index is 12.1. The molecular weight excluding hydrogens is 280 g/mol. The molecule has 1 aromatic rings. The van der Waals surface area contributed by atoms with E-state index in [-0.39, 0.29) is 24.5 Å². The van der Waals surface area contributed by atoms with Crippen molar-refractivity contribution in [2.45, 2.75) is 51.1 Å². The summed E-state index contributed by atoms with van der Waals surface area (Å²) in [6, 6.07) is 9.60. The molecule has 1 unspecified atom stereocenters. The van der Waals surface area contributed by atoms with Crippen LogP contribution >= 0.6 is 0 Å². The molecule has 120 valence electrons. The number of aliphatic carboxylic acids is 1. The van der Waals surface area contributed by atoms with Crippen LogP contribution in [0.4, 0.5) is 4.79 Å². The van der Waals surface area contributed by atoms with Gasteiger partial charge in [-0.3, -0.25) is 4.79 Å². The van der Waals surface area contributed by atoms with Gasteiger partial charge in [-0.15, -0.1) is 0 Å². The maximum absolute atomic E-state index is 12.1. The fourth-order valence-electron chi connectivity index (χ4n) is 2.57. The number of carbonyl (C=O) groups is 2. The van der Waals surface area contributed by atoms with Gasteiger partial charge in [-0.05, 0) is 44.1 Å². The number of urea groups is 1. The molecule has 2 rings (SSSR count). The third-order valence-corrected chi connectivity index (χ3v) is 4.05. The van der Waals surface area contributed by atoms with E-state index in [0.717, 1.165) is 5.56 Å². The second-order valence-electron chi connectivity index (χ2n) is 6.06. The molecule has 0 spiro atoms. The Morgan fingerprint density at radius 1 is 1.23 bits per heavy atom. The van der Waals surface area contributed by atoms with E-state index in [0.29, 0.717) is 18.8 Å². The van der Waals surface area contributed by atoms with Gasteiger partial charge in [0.25, 0.3) is 0 Å². The Morgan fingerprint density at radius 2 is 1.91 bits per heavy atom. The molecule has 0 radical (unpaired) electrons. The van der Waals surface area contributed by atoms with E-state index in [1.165, 1.54) is 12.8 Å². The molecule has 1 aromatic carbocycles. The Labute approximate surface area is 131 Å². The first-order chi connectivity index (χ1) is 10.5. The van der Waals surface area contributed by atoms with Gasteiger partial charge < -0.3 is 15.7 Å². The molecule has 1 fully saturated rings. The smallest absolute Gasteiger partial charge is 0.315 e. The molecule has 0 saturated heterocycles. The SMILES string of the molecule is C[C@H](NC(=O)NC(CCC(=O)O)Cc1ccccc1)C1CC1. The van der Waals surface area contributed by atoms with Crippen molar-refractivity contribution in [3.63, 3.8) is 0 Å². The van der Waals surface area contributed by atoms with Gasteiger partial charge in [-0.2, -0.15) is 0 Å². The summed E-state index contributed by atoms with van der Waals surface area (Å²) in [6.45, 7) is 2.01. The fourth-order valence-corrected chi connectivity index (χ4v) is 2.57. The van der Waals surface area contributed by atoms with Crippen molar-refractivity contribution in [3.05, 3.63) is 35.9 Å². The van der Waals surface area contributed by atoms with Gasteiger partial charge >= 0.3 is 12.0 Å². The number of carbonyl (C=O) groups excluding carboxylic acids is 1. The fraction of sp³-hybridized carbons (Fsp3) is 0.529. The summed E-state index contributed by atoms with van der Waals surface area (Å²) in [4.78, 5) is 22.9. The van der Waals surface area contributed by atoms with Crippen LogP contribution < -0.4 is 10.6 Å². The molecule has 3 N–H and O–H groups in total. The van der Waals surface area contributed by atoms with Crippen molar-refractivity contribution < 1.29 is 14.7 Å². The highest BCUT2D eigenvalue weighted by Crippen LogP contribution is 2.32. The highest BCUT2D eigenvalue weighted by molar-refractivity contribution is 5.74. The van der Waals surface area contributed by atoms with Gasteiger partial charge in [0.15, 0.2) is 0 Å². The lowest BCUT2D eigenvalue weighted by molar-refractivity contribution is -0.137. The second-order valence-corrected chi connectivity index (χ2v) is 6.06. The number of hydrogen-bond acceptors (Lipinski definition) is 2. The molecule has 1 saturated carbocycles. The van der Waals surface area contributed by atoms with E-state index in [1.807, 2.05) is 37.3 Å².